The second kappa shape index (κ2) is 3.94. The van der Waals surface area contributed by atoms with Crippen molar-refractivity contribution in [3.63, 3.8) is 0 Å². The van der Waals surface area contributed by atoms with Crippen molar-refractivity contribution in [3.05, 3.63) is 0 Å². The zero-order chi connectivity index (χ0) is 14.8. The average Bonchev–Trinajstić information content (AvgIpc) is 3.06. The number of hydrogen-bond acceptors (Lipinski definition) is 5. The zero-order valence-corrected chi connectivity index (χ0v) is 11.5. The summed E-state index contributed by atoms with van der Waals surface area (Å²) in [7, 11) is 0. The molecule has 2 amide bonds. The first-order chi connectivity index (χ1) is 9.20. The molecule has 3 saturated heterocycles. The van der Waals surface area contributed by atoms with Crippen LogP contribution in [0.1, 0.15) is 27.2 Å². The van der Waals surface area contributed by atoms with Crippen LogP contribution in [0, 0.1) is 11.8 Å². The molecule has 0 aromatic heterocycles. The summed E-state index contributed by atoms with van der Waals surface area (Å²) in [6, 6.07) is -0.746. The Morgan fingerprint density at radius 3 is 2.55 bits per heavy atom. The van der Waals surface area contributed by atoms with Gasteiger partial charge in [0.05, 0.1) is 24.0 Å². The Bertz CT molecular complexity index is 496. The molecule has 5 unspecified atom stereocenters. The average molecular weight is 283 g/mol. The molecule has 0 aromatic rings. The van der Waals surface area contributed by atoms with Crippen LogP contribution in [0.2, 0.25) is 0 Å². The molecule has 0 aromatic carbocycles. The van der Waals surface area contributed by atoms with Crippen molar-refractivity contribution in [3.8, 4) is 0 Å². The van der Waals surface area contributed by atoms with Crippen molar-refractivity contribution in [2.75, 3.05) is 0 Å². The van der Waals surface area contributed by atoms with Gasteiger partial charge in [-0.1, -0.05) is 0 Å². The standard InChI is InChI=1S/C13H17NO6/c1-13(2,3)20-12(18)14-7-5(11(16)17)4-6(10(14)15)8-9(7)19-8/h5-9H,4H2,1-3H3,(H,16,17). The van der Waals surface area contributed by atoms with Gasteiger partial charge in [-0.25, -0.2) is 9.69 Å². The Morgan fingerprint density at radius 2 is 2.00 bits per heavy atom. The largest absolute Gasteiger partial charge is 0.481 e. The third-order valence-corrected chi connectivity index (χ3v) is 3.97. The molecule has 5 atom stereocenters. The number of ether oxygens (including phenoxy) is 2. The second-order valence-electron chi connectivity index (χ2n) is 6.53. The lowest BCUT2D eigenvalue weighted by Gasteiger charge is -2.43. The molecule has 4 rings (SSSR count). The third kappa shape index (κ3) is 1.88. The van der Waals surface area contributed by atoms with Crippen LogP contribution in [0.25, 0.3) is 0 Å². The summed E-state index contributed by atoms with van der Waals surface area (Å²) in [5, 5.41) is 9.27. The van der Waals surface area contributed by atoms with Gasteiger partial charge in [0.1, 0.15) is 11.7 Å². The highest BCUT2D eigenvalue weighted by molar-refractivity contribution is 5.97. The fourth-order valence-electron chi connectivity index (χ4n) is 3.17. The quantitative estimate of drug-likeness (QED) is 0.709. The number of imide groups is 1. The molecule has 1 saturated carbocycles. The van der Waals surface area contributed by atoms with E-state index in [2.05, 4.69) is 0 Å². The zero-order valence-electron chi connectivity index (χ0n) is 11.5. The maximum Gasteiger partial charge on any atom is 0.417 e. The van der Waals surface area contributed by atoms with E-state index in [0.29, 0.717) is 0 Å². The second-order valence-corrected chi connectivity index (χ2v) is 6.53. The lowest BCUT2D eigenvalue weighted by Crippen LogP contribution is -2.64. The molecular weight excluding hydrogens is 266 g/mol. The van der Waals surface area contributed by atoms with Crippen LogP contribution < -0.4 is 0 Å². The predicted molar refractivity (Wildman–Crippen MR) is 64.8 cm³/mol. The van der Waals surface area contributed by atoms with E-state index >= 15 is 0 Å². The summed E-state index contributed by atoms with van der Waals surface area (Å²) in [4.78, 5) is 36.7. The Morgan fingerprint density at radius 1 is 1.35 bits per heavy atom. The fourth-order valence-corrected chi connectivity index (χ4v) is 3.17. The van der Waals surface area contributed by atoms with Gasteiger partial charge in [-0.05, 0) is 27.2 Å². The first-order valence-corrected chi connectivity index (χ1v) is 6.65. The molecule has 4 fully saturated rings. The van der Waals surface area contributed by atoms with Crippen LogP contribution in [0.4, 0.5) is 4.79 Å². The maximum absolute atomic E-state index is 12.3. The number of amides is 2. The highest BCUT2D eigenvalue weighted by Gasteiger charge is 2.69. The number of piperidine rings is 2. The first kappa shape index (κ1) is 13.4. The van der Waals surface area contributed by atoms with Crippen LogP contribution in [-0.2, 0) is 19.1 Å². The Labute approximate surface area is 115 Å². The van der Waals surface area contributed by atoms with E-state index in [9.17, 15) is 19.5 Å². The molecule has 0 spiro atoms. The molecule has 3 aliphatic heterocycles. The SMILES string of the molecule is CC(C)(C)OC(=O)N1C(=O)C2CC(C(=O)O)C1C1OC21. The monoisotopic (exact) mass is 283 g/mol. The summed E-state index contributed by atoms with van der Waals surface area (Å²) >= 11 is 0. The predicted octanol–water partition coefficient (Wildman–Crippen LogP) is 0.620. The number of nitrogens with zero attached hydrogens (tertiary/aromatic N) is 1. The molecule has 0 radical (unpaired) electrons. The molecule has 110 valence electrons. The number of fused-ring (bicyclic) bond motifs is 2. The molecule has 7 nitrogen and oxygen atoms in total. The van der Waals surface area contributed by atoms with Crippen LogP contribution in [0.3, 0.4) is 0 Å². The first-order valence-electron chi connectivity index (χ1n) is 6.65. The van der Waals surface area contributed by atoms with Gasteiger partial charge in [0.25, 0.3) is 0 Å². The van der Waals surface area contributed by atoms with Crippen LogP contribution in [-0.4, -0.2) is 51.8 Å². The number of epoxide rings is 1. The van der Waals surface area contributed by atoms with E-state index in [4.69, 9.17) is 9.47 Å². The third-order valence-electron chi connectivity index (χ3n) is 3.97. The fraction of sp³-hybridized carbons (Fsp3) is 0.769. The molecule has 20 heavy (non-hydrogen) atoms. The number of aliphatic carboxylic acids is 1. The molecule has 7 heteroatoms. The van der Waals surface area contributed by atoms with Crippen molar-refractivity contribution < 1.29 is 29.0 Å². The Kier molecular flexibility index (Phi) is 2.63. The maximum atomic E-state index is 12.3. The van der Waals surface area contributed by atoms with E-state index in [1.807, 2.05) is 0 Å². The van der Waals surface area contributed by atoms with Gasteiger partial charge >= 0.3 is 12.1 Å². The van der Waals surface area contributed by atoms with E-state index in [1.165, 1.54) is 0 Å². The number of carbonyl (C=O) groups excluding carboxylic acids is 2. The van der Waals surface area contributed by atoms with Crippen molar-refractivity contribution >= 4 is 18.0 Å². The van der Waals surface area contributed by atoms with E-state index in [1.54, 1.807) is 20.8 Å². The highest BCUT2D eigenvalue weighted by atomic mass is 16.6. The van der Waals surface area contributed by atoms with Crippen molar-refractivity contribution in [2.45, 2.75) is 51.0 Å². The minimum absolute atomic E-state index is 0.221. The van der Waals surface area contributed by atoms with Gasteiger partial charge in [0.2, 0.25) is 5.91 Å². The van der Waals surface area contributed by atoms with Gasteiger partial charge < -0.3 is 14.6 Å². The lowest BCUT2D eigenvalue weighted by atomic mass is 9.72. The number of carbonyl (C=O) groups is 3. The molecular formula is C13H17NO6. The van der Waals surface area contributed by atoms with Gasteiger partial charge in [-0.3, -0.25) is 9.59 Å². The van der Waals surface area contributed by atoms with Crippen molar-refractivity contribution in [2.24, 2.45) is 11.8 Å². The van der Waals surface area contributed by atoms with Crippen LogP contribution >= 0.6 is 0 Å². The number of carboxylic acid groups (broad SMARTS) is 1. The molecule has 1 aliphatic carbocycles. The summed E-state index contributed by atoms with van der Waals surface area (Å²) < 4.78 is 10.6. The number of rotatable bonds is 1. The minimum atomic E-state index is -1.00. The van der Waals surface area contributed by atoms with Crippen LogP contribution in [0.5, 0.6) is 0 Å². The topological polar surface area (TPSA) is 96.4 Å². The number of carboxylic acids is 1. The summed E-state index contributed by atoms with van der Waals surface area (Å²) in [5.74, 6) is -2.69. The highest BCUT2D eigenvalue weighted by Crippen LogP contribution is 2.51. The normalized spacial score (nSPS) is 38.5. The summed E-state index contributed by atoms with van der Waals surface area (Å²) in [6.07, 6.45) is -1.11. The molecule has 4 aliphatic rings. The summed E-state index contributed by atoms with van der Waals surface area (Å²) in [5.41, 5.74) is -0.739. The van der Waals surface area contributed by atoms with Crippen molar-refractivity contribution in [1.29, 1.82) is 0 Å². The number of hydrogen-bond donors (Lipinski definition) is 1. The van der Waals surface area contributed by atoms with E-state index in [0.717, 1.165) is 4.90 Å². The smallest absolute Gasteiger partial charge is 0.417 e. The molecule has 3 heterocycles. The Hall–Kier alpha value is -1.63. The summed E-state index contributed by atoms with van der Waals surface area (Å²) in [6.45, 7) is 5.09. The Balaban J connectivity index is 1.88. The van der Waals surface area contributed by atoms with E-state index < -0.39 is 35.5 Å². The molecule has 1 N–H and O–H groups in total. The van der Waals surface area contributed by atoms with E-state index in [-0.39, 0.29) is 24.5 Å². The van der Waals surface area contributed by atoms with Crippen molar-refractivity contribution in [1.82, 2.24) is 4.90 Å². The molecule has 2 bridgehead atoms. The lowest BCUT2D eigenvalue weighted by molar-refractivity contribution is -0.157. The van der Waals surface area contributed by atoms with Gasteiger partial charge in [-0.15, -0.1) is 0 Å². The van der Waals surface area contributed by atoms with Gasteiger partial charge in [-0.2, -0.15) is 0 Å². The van der Waals surface area contributed by atoms with Gasteiger partial charge in [0, 0.05) is 0 Å². The van der Waals surface area contributed by atoms with Crippen LogP contribution in [0.15, 0.2) is 0 Å². The minimum Gasteiger partial charge on any atom is -0.481 e. The van der Waals surface area contributed by atoms with Gasteiger partial charge in [0.15, 0.2) is 0 Å².